The minimum absolute atomic E-state index is 0.634. The Kier molecular flexibility index (Phi) is 2.94. The van der Waals surface area contributed by atoms with Crippen LogP contribution in [0.15, 0.2) is 53.9 Å². The van der Waals surface area contributed by atoms with Crippen LogP contribution in [0.2, 0.25) is 0 Å². The number of hydrazone groups is 1. The average molecular weight is 251 g/mol. The molecule has 0 bridgehead atoms. The molecular formula is C14H13N5. The first-order chi connectivity index (χ1) is 9.33. The number of hydrogen-bond acceptors (Lipinski definition) is 4. The normalized spacial score (nSPS) is 11.7. The number of para-hydroxylation sites is 2. The average Bonchev–Trinajstić information content (AvgIpc) is 2.88. The second-order valence-corrected chi connectivity index (χ2v) is 4.15. The molecule has 0 fully saturated rings. The predicted octanol–water partition coefficient (Wildman–Crippen LogP) is 2.79. The van der Waals surface area contributed by atoms with Crippen molar-refractivity contribution in [2.45, 2.75) is 6.92 Å². The first-order valence-corrected chi connectivity index (χ1v) is 5.98. The Morgan fingerprint density at radius 1 is 1.16 bits per heavy atom. The second kappa shape index (κ2) is 4.89. The van der Waals surface area contributed by atoms with Crippen LogP contribution in [0.25, 0.3) is 11.0 Å². The Bertz CT molecular complexity index is 682. The van der Waals surface area contributed by atoms with Gasteiger partial charge in [-0.15, -0.1) is 0 Å². The van der Waals surface area contributed by atoms with E-state index >= 15 is 0 Å². The zero-order chi connectivity index (χ0) is 13.1. The fourth-order valence-electron chi connectivity index (χ4n) is 1.80. The van der Waals surface area contributed by atoms with Crippen LogP contribution < -0.4 is 5.43 Å². The summed E-state index contributed by atoms with van der Waals surface area (Å²) in [7, 11) is 0. The summed E-state index contributed by atoms with van der Waals surface area (Å²) >= 11 is 0. The van der Waals surface area contributed by atoms with Crippen LogP contribution in [-0.2, 0) is 0 Å². The van der Waals surface area contributed by atoms with Crippen LogP contribution in [0.4, 0.5) is 5.95 Å². The number of fused-ring (bicyclic) bond motifs is 1. The second-order valence-electron chi connectivity index (χ2n) is 4.15. The molecule has 0 amide bonds. The third-order valence-corrected chi connectivity index (χ3v) is 2.82. The SMILES string of the molecule is CC(=NNc1nc2ccccc2[nH]1)c1ccncc1. The van der Waals surface area contributed by atoms with Gasteiger partial charge in [0.1, 0.15) is 0 Å². The molecule has 3 rings (SSSR count). The number of imidazole rings is 1. The highest BCUT2D eigenvalue weighted by atomic mass is 15.4. The van der Waals surface area contributed by atoms with Gasteiger partial charge in [0.15, 0.2) is 0 Å². The standard InChI is InChI=1S/C14H13N5/c1-10(11-6-8-15-9-7-11)18-19-14-16-12-4-2-3-5-13(12)17-14/h2-9H,1H3,(H2,16,17,19). The van der Waals surface area contributed by atoms with Gasteiger partial charge in [-0.1, -0.05) is 12.1 Å². The molecule has 2 N–H and O–H groups in total. The lowest BCUT2D eigenvalue weighted by atomic mass is 10.2. The van der Waals surface area contributed by atoms with Gasteiger partial charge in [-0.25, -0.2) is 10.4 Å². The van der Waals surface area contributed by atoms with Crippen molar-refractivity contribution in [2.24, 2.45) is 5.10 Å². The lowest BCUT2D eigenvalue weighted by Crippen LogP contribution is -2.00. The Hall–Kier alpha value is -2.69. The highest BCUT2D eigenvalue weighted by molar-refractivity contribution is 5.98. The summed E-state index contributed by atoms with van der Waals surface area (Å²) in [5, 5.41) is 4.31. The lowest BCUT2D eigenvalue weighted by molar-refractivity contribution is 1.20. The van der Waals surface area contributed by atoms with Crippen molar-refractivity contribution in [3.8, 4) is 0 Å². The zero-order valence-corrected chi connectivity index (χ0v) is 10.5. The van der Waals surface area contributed by atoms with E-state index in [1.807, 2.05) is 43.3 Å². The molecule has 0 atom stereocenters. The minimum atomic E-state index is 0.634. The summed E-state index contributed by atoms with van der Waals surface area (Å²) in [6.45, 7) is 1.94. The number of H-pyrrole nitrogens is 1. The number of nitrogens with one attached hydrogen (secondary N) is 2. The van der Waals surface area contributed by atoms with Gasteiger partial charge in [0.2, 0.25) is 5.95 Å². The van der Waals surface area contributed by atoms with Crippen LogP contribution in [0.1, 0.15) is 12.5 Å². The van der Waals surface area contributed by atoms with Crippen molar-refractivity contribution in [1.82, 2.24) is 15.0 Å². The molecule has 3 aromatic rings. The van der Waals surface area contributed by atoms with E-state index in [1.165, 1.54) is 0 Å². The Morgan fingerprint density at radius 2 is 1.95 bits per heavy atom. The number of hydrogen-bond donors (Lipinski definition) is 2. The molecular weight excluding hydrogens is 238 g/mol. The predicted molar refractivity (Wildman–Crippen MR) is 76.2 cm³/mol. The molecule has 5 heteroatoms. The van der Waals surface area contributed by atoms with Crippen LogP contribution in [-0.4, -0.2) is 20.7 Å². The first kappa shape index (κ1) is 11.4. The van der Waals surface area contributed by atoms with E-state index in [1.54, 1.807) is 12.4 Å². The van der Waals surface area contributed by atoms with Gasteiger partial charge in [-0.2, -0.15) is 5.10 Å². The number of aromatic nitrogens is 3. The zero-order valence-electron chi connectivity index (χ0n) is 10.5. The molecule has 0 radical (unpaired) electrons. The van der Waals surface area contributed by atoms with E-state index < -0.39 is 0 Å². The summed E-state index contributed by atoms with van der Waals surface area (Å²) in [5.41, 5.74) is 6.74. The van der Waals surface area contributed by atoms with E-state index in [0.29, 0.717) is 5.95 Å². The van der Waals surface area contributed by atoms with Crippen molar-refractivity contribution in [3.05, 3.63) is 54.4 Å². The number of aromatic amines is 1. The fraction of sp³-hybridized carbons (Fsp3) is 0.0714. The van der Waals surface area contributed by atoms with Crippen LogP contribution >= 0.6 is 0 Å². The monoisotopic (exact) mass is 251 g/mol. The molecule has 94 valence electrons. The molecule has 5 nitrogen and oxygen atoms in total. The van der Waals surface area contributed by atoms with Crippen molar-refractivity contribution in [3.63, 3.8) is 0 Å². The van der Waals surface area contributed by atoms with Crippen molar-refractivity contribution >= 4 is 22.7 Å². The highest BCUT2D eigenvalue weighted by Crippen LogP contribution is 2.13. The Balaban J connectivity index is 1.82. The highest BCUT2D eigenvalue weighted by Gasteiger charge is 2.01. The molecule has 0 aliphatic rings. The van der Waals surface area contributed by atoms with Crippen LogP contribution in [0, 0.1) is 0 Å². The number of anilines is 1. The molecule has 0 saturated heterocycles. The van der Waals surface area contributed by atoms with E-state index in [0.717, 1.165) is 22.3 Å². The first-order valence-electron chi connectivity index (χ1n) is 5.98. The van der Waals surface area contributed by atoms with Gasteiger partial charge in [-0.05, 0) is 31.2 Å². The van der Waals surface area contributed by atoms with E-state index in [2.05, 4.69) is 25.5 Å². The number of benzene rings is 1. The molecule has 2 aromatic heterocycles. The van der Waals surface area contributed by atoms with Gasteiger partial charge in [0.25, 0.3) is 0 Å². The van der Waals surface area contributed by atoms with Gasteiger partial charge in [0, 0.05) is 18.0 Å². The Morgan fingerprint density at radius 3 is 2.74 bits per heavy atom. The smallest absolute Gasteiger partial charge is 0.222 e. The van der Waals surface area contributed by atoms with Crippen LogP contribution in [0.3, 0.4) is 0 Å². The topological polar surface area (TPSA) is 66.0 Å². The summed E-state index contributed by atoms with van der Waals surface area (Å²) < 4.78 is 0. The molecule has 0 aliphatic carbocycles. The lowest BCUT2D eigenvalue weighted by Gasteiger charge is -2.00. The summed E-state index contributed by atoms with van der Waals surface area (Å²) in [4.78, 5) is 11.5. The minimum Gasteiger partial charge on any atom is -0.323 e. The van der Waals surface area contributed by atoms with Gasteiger partial charge in [0.05, 0.1) is 16.7 Å². The maximum Gasteiger partial charge on any atom is 0.222 e. The number of rotatable bonds is 3. The van der Waals surface area contributed by atoms with Crippen molar-refractivity contribution in [2.75, 3.05) is 5.43 Å². The third-order valence-electron chi connectivity index (χ3n) is 2.82. The number of nitrogens with zero attached hydrogens (tertiary/aromatic N) is 3. The molecule has 1 aromatic carbocycles. The fourth-order valence-corrected chi connectivity index (χ4v) is 1.80. The molecule has 2 heterocycles. The molecule has 0 aliphatic heterocycles. The molecule has 0 saturated carbocycles. The maximum absolute atomic E-state index is 4.39. The maximum atomic E-state index is 4.39. The van der Waals surface area contributed by atoms with E-state index in [9.17, 15) is 0 Å². The van der Waals surface area contributed by atoms with Gasteiger partial charge >= 0.3 is 0 Å². The largest absolute Gasteiger partial charge is 0.323 e. The van der Waals surface area contributed by atoms with Crippen molar-refractivity contribution < 1.29 is 0 Å². The van der Waals surface area contributed by atoms with Gasteiger partial charge < -0.3 is 4.98 Å². The number of pyridine rings is 1. The van der Waals surface area contributed by atoms with E-state index in [4.69, 9.17) is 0 Å². The summed E-state index contributed by atoms with van der Waals surface area (Å²) in [6.07, 6.45) is 3.49. The van der Waals surface area contributed by atoms with E-state index in [-0.39, 0.29) is 0 Å². The van der Waals surface area contributed by atoms with Crippen molar-refractivity contribution in [1.29, 1.82) is 0 Å². The van der Waals surface area contributed by atoms with Gasteiger partial charge in [-0.3, -0.25) is 4.98 Å². The molecule has 19 heavy (non-hydrogen) atoms. The third kappa shape index (κ3) is 2.44. The summed E-state index contributed by atoms with van der Waals surface area (Å²) in [6, 6.07) is 11.7. The summed E-state index contributed by atoms with van der Waals surface area (Å²) in [5.74, 6) is 0.634. The quantitative estimate of drug-likeness (QED) is 0.555. The molecule has 0 unspecified atom stereocenters. The molecule has 0 spiro atoms. The van der Waals surface area contributed by atoms with Crippen LogP contribution in [0.5, 0.6) is 0 Å². The Labute approximate surface area is 110 Å².